The highest BCUT2D eigenvalue weighted by Gasteiger charge is 2.08. The lowest BCUT2D eigenvalue weighted by atomic mass is 10.1. The van der Waals surface area contributed by atoms with E-state index in [2.05, 4.69) is 10.3 Å². The molecule has 90 valence electrons. The largest absolute Gasteiger partial charge is 0.437 e. The Morgan fingerprint density at radius 1 is 1.29 bits per heavy atom. The van der Waals surface area contributed by atoms with E-state index in [0.29, 0.717) is 5.88 Å². The van der Waals surface area contributed by atoms with E-state index in [9.17, 15) is 0 Å². The van der Waals surface area contributed by atoms with Crippen molar-refractivity contribution in [2.75, 3.05) is 5.73 Å². The van der Waals surface area contributed by atoms with Crippen LogP contribution in [0, 0.1) is 13.8 Å². The van der Waals surface area contributed by atoms with Gasteiger partial charge in [-0.3, -0.25) is 0 Å². The Balaban J connectivity index is 2.33. The third-order valence-electron chi connectivity index (χ3n) is 2.66. The van der Waals surface area contributed by atoms with E-state index in [-0.39, 0.29) is 0 Å². The van der Waals surface area contributed by atoms with Crippen molar-refractivity contribution in [2.45, 2.75) is 27.3 Å². The number of ether oxygens (including phenoxy) is 1. The number of nitrogens with two attached hydrogens (primary N) is 1. The van der Waals surface area contributed by atoms with Gasteiger partial charge in [-0.25, -0.2) is 4.68 Å². The number of anilines is 1. The Morgan fingerprint density at radius 3 is 2.76 bits per heavy atom. The predicted molar refractivity (Wildman–Crippen MR) is 66.1 cm³/mol. The molecular formula is C12H16N4O. The molecule has 0 radical (unpaired) electrons. The Bertz CT molecular complexity index is 533. The van der Waals surface area contributed by atoms with Gasteiger partial charge in [-0.15, -0.1) is 5.10 Å². The normalized spacial score (nSPS) is 10.5. The van der Waals surface area contributed by atoms with Crippen LogP contribution in [-0.4, -0.2) is 15.0 Å². The van der Waals surface area contributed by atoms with E-state index in [0.717, 1.165) is 29.1 Å². The summed E-state index contributed by atoms with van der Waals surface area (Å²) in [5.41, 5.74) is 8.61. The molecule has 2 N–H and O–H groups in total. The Hall–Kier alpha value is -2.04. The molecule has 0 atom stereocenters. The third kappa shape index (κ3) is 2.22. The number of aromatic nitrogens is 3. The maximum absolute atomic E-state index is 5.83. The number of nitrogen functional groups attached to an aromatic ring is 1. The van der Waals surface area contributed by atoms with Gasteiger partial charge in [-0.05, 0) is 44.0 Å². The lowest BCUT2D eigenvalue weighted by Crippen LogP contribution is -2.01. The van der Waals surface area contributed by atoms with Gasteiger partial charge in [0.15, 0.2) is 0 Å². The van der Waals surface area contributed by atoms with Crippen LogP contribution >= 0.6 is 0 Å². The van der Waals surface area contributed by atoms with Gasteiger partial charge in [0, 0.05) is 12.2 Å². The van der Waals surface area contributed by atoms with Gasteiger partial charge in [0.2, 0.25) is 5.88 Å². The molecule has 0 saturated heterocycles. The Morgan fingerprint density at radius 2 is 2.06 bits per heavy atom. The minimum absolute atomic E-state index is 0.639. The number of hydrogen-bond acceptors (Lipinski definition) is 4. The van der Waals surface area contributed by atoms with Crippen LogP contribution in [0.3, 0.4) is 0 Å². The van der Waals surface area contributed by atoms with Gasteiger partial charge in [-0.2, -0.15) is 0 Å². The van der Waals surface area contributed by atoms with E-state index >= 15 is 0 Å². The van der Waals surface area contributed by atoms with Crippen LogP contribution in [0.5, 0.6) is 11.6 Å². The number of benzene rings is 1. The molecule has 2 rings (SSSR count). The SMILES string of the molecule is CCn1nncc1Oc1cc(C)c(N)cc1C. The third-order valence-corrected chi connectivity index (χ3v) is 2.66. The summed E-state index contributed by atoms with van der Waals surface area (Å²) in [5, 5.41) is 7.74. The number of nitrogens with zero attached hydrogens (tertiary/aromatic N) is 3. The molecule has 0 fully saturated rings. The summed E-state index contributed by atoms with van der Waals surface area (Å²) < 4.78 is 7.49. The van der Waals surface area contributed by atoms with Crippen molar-refractivity contribution < 1.29 is 4.74 Å². The van der Waals surface area contributed by atoms with Crippen molar-refractivity contribution in [1.29, 1.82) is 0 Å². The summed E-state index contributed by atoms with van der Waals surface area (Å²) in [5.74, 6) is 1.42. The van der Waals surface area contributed by atoms with Crippen molar-refractivity contribution in [2.24, 2.45) is 0 Å². The van der Waals surface area contributed by atoms with Crippen molar-refractivity contribution in [3.8, 4) is 11.6 Å². The Labute approximate surface area is 100 Å². The molecule has 0 aliphatic carbocycles. The zero-order valence-corrected chi connectivity index (χ0v) is 10.3. The second-order valence-electron chi connectivity index (χ2n) is 3.96. The van der Waals surface area contributed by atoms with Crippen LogP contribution in [-0.2, 0) is 6.54 Å². The maximum atomic E-state index is 5.83. The molecule has 1 aromatic carbocycles. The number of hydrogen-bond donors (Lipinski definition) is 1. The molecule has 0 spiro atoms. The standard InChI is InChI=1S/C12H16N4O/c1-4-16-12(7-14-15-16)17-11-6-8(2)10(13)5-9(11)3/h5-7H,4,13H2,1-3H3. The van der Waals surface area contributed by atoms with Crippen molar-refractivity contribution in [3.05, 3.63) is 29.5 Å². The first-order valence-corrected chi connectivity index (χ1v) is 5.55. The molecule has 0 aliphatic rings. The highest BCUT2D eigenvalue weighted by atomic mass is 16.5. The quantitative estimate of drug-likeness (QED) is 0.824. The van der Waals surface area contributed by atoms with Crippen LogP contribution in [0.4, 0.5) is 5.69 Å². The molecule has 5 nitrogen and oxygen atoms in total. The first-order chi connectivity index (χ1) is 8.11. The summed E-state index contributed by atoms with van der Waals surface area (Å²) in [6.45, 7) is 6.63. The zero-order chi connectivity index (χ0) is 12.4. The molecule has 0 amide bonds. The van der Waals surface area contributed by atoms with E-state index in [1.807, 2.05) is 32.9 Å². The molecule has 0 saturated carbocycles. The van der Waals surface area contributed by atoms with Crippen LogP contribution in [0.15, 0.2) is 18.3 Å². The first kappa shape index (κ1) is 11.4. The highest BCUT2D eigenvalue weighted by molar-refractivity contribution is 5.54. The summed E-state index contributed by atoms with van der Waals surface area (Å²) in [6.07, 6.45) is 1.61. The second-order valence-corrected chi connectivity index (χ2v) is 3.96. The minimum atomic E-state index is 0.639. The smallest absolute Gasteiger partial charge is 0.238 e. The lowest BCUT2D eigenvalue weighted by Gasteiger charge is -2.11. The molecule has 0 bridgehead atoms. The molecule has 0 unspecified atom stereocenters. The van der Waals surface area contributed by atoms with Crippen LogP contribution in [0.2, 0.25) is 0 Å². The van der Waals surface area contributed by atoms with Crippen molar-refractivity contribution in [1.82, 2.24) is 15.0 Å². The van der Waals surface area contributed by atoms with E-state index in [1.54, 1.807) is 10.9 Å². The molecule has 17 heavy (non-hydrogen) atoms. The molecule has 1 aromatic heterocycles. The second kappa shape index (κ2) is 4.45. The van der Waals surface area contributed by atoms with Crippen LogP contribution < -0.4 is 10.5 Å². The average Bonchev–Trinajstić information content (AvgIpc) is 2.73. The average molecular weight is 232 g/mol. The summed E-state index contributed by atoms with van der Waals surface area (Å²) in [7, 11) is 0. The first-order valence-electron chi connectivity index (χ1n) is 5.55. The topological polar surface area (TPSA) is 66.0 Å². The Kier molecular flexibility index (Phi) is 2.99. The molecule has 2 aromatic rings. The fourth-order valence-corrected chi connectivity index (χ4v) is 1.58. The van der Waals surface area contributed by atoms with Gasteiger partial charge in [0.25, 0.3) is 0 Å². The highest BCUT2D eigenvalue weighted by Crippen LogP contribution is 2.28. The van der Waals surface area contributed by atoms with Gasteiger partial charge < -0.3 is 10.5 Å². The van der Waals surface area contributed by atoms with Crippen LogP contribution in [0.1, 0.15) is 18.1 Å². The fraction of sp³-hybridized carbons (Fsp3) is 0.333. The summed E-state index contributed by atoms with van der Waals surface area (Å²) in [6, 6.07) is 3.84. The van der Waals surface area contributed by atoms with Gasteiger partial charge in [0.1, 0.15) is 11.9 Å². The van der Waals surface area contributed by atoms with Gasteiger partial charge in [0.05, 0.1) is 0 Å². The van der Waals surface area contributed by atoms with Gasteiger partial charge in [-0.1, -0.05) is 5.21 Å². The lowest BCUT2D eigenvalue weighted by molar-refractivity contribution is 0.413. The predicted octanol–water partition coefficient (Wildman–Crippen LogP) is 2.29. The molecule has 1 heterocycles. The molecule has 0 aliphatic heterocycles. The maximum Gasteiger partial charge on any atom is 0.238 e. The number of rotatable bonds is 3. The molecule has 5 heteroatoms. The van der Waals surface area contributed by atoms with E-state index < -0.39 is 0 Å². The fourth-order valence-electron chi connectivity index (χ4n) is 1.58. The summed E-state index contributed by atoms with van der Waals surface area (Å²) >= 11 is 0. The minimum Gasteiger partial charge on any atom is -0.437 e. The monoisotopic (exact) mass is 232 g/mol. The number of aryl methyl sites for hydroxylation is 3. The molecular weight excluding hydrogens is 216 g/mol. The van der Waals surface area contributed by atoms with Crippen molar-refractivity contribution >= 4 is 5.69 Å². The van der Waals surface area contributed by atoms with Crippen molar-refractivity contribution in [3.63, 3.8) is 0 Å². The van der Waals surface area contributed by atoms with Crippen LogP contribution in [0.25, 0.3) is 0 Å². The van der Waals surface area contributed by atoms with Gasteiger partial charge >= 0.3 is 0 Å². The zero-order valence-electron chi connectivity index (χ0n) is 10.3. The summed E-state index contributed by atoms with van der Waals surface area (Å²) in [4.78, 5) is 0. The van der Waals surface area contributed by atoms with E-state index in [1.165, 1.54) is 0 Å². The van der Waals surface area contributed by atoms with E-state index in [4.69, 9.17) is 10.5 Å².